The maximum absolute atomic E-state index is 10.5. The monoisotopic (exact) mass is 294 g/mol. The van der Waals surface area contributed by atoms with Crippen LogP contribution in [0.4, 0.5) is 0 Å². The van der Waals surface area contributed by atoms with Gasteiger partial charge in [-0.05, 0) is 35.8 Å². The second-order valence-corrected chi connectivity index (χ2v) is 7.73. The second kappa shape index (κ2) is 4.85. The van der Waals surface area contributed by atoms with Gasteiger partial charge in [0.2, 0.25) is 0 Å². The Morgan fingerprint density at radius 2 is 2.15 bits per heavy atom. The maximum Gasteiger partial charge on any atom is 0.126 e. The Hall–Kier alpha value is -0.870. The van der Waals surface area contributed by atoms with Crippen LogP contribution in [0.2, 0.25) is 0 Å². The van der Waals surface area contributed by atoms with Crippen molar-refractivity contribution < 1.29 is 14.6 Å². The summed E-state index contributed by atoms with van der Waals surface area (Å²) in [6, 6.07) is 5.70. The molecule has 3 nitrogen and oxygen atoms in total. The SMILES string of the molecule is COc1ccc2c(c1)[C@H](O)CC1(CSCC(C)(C)C1)O2. The Bertz CT molecular complexity index is 514. The van der Waals surface area contributed by atoms with E-state index in [1.165, 1.54) is 0 Å². The summed E-state index contributed by atoms with van der Waals surface area (Å²) in [6.07, 6.45) is 1.20. The zero-order valence-corrected chi connectivity index (χ0v) is 13.1. The van der Waals surface area contributed by atoms with Crippen LogP contribution in [0.25, 0.3) is 0 Å². The van der Waals surface area contributed by atoms with Crippen molar-refractivity contribution in [2.45, 2.75) is 38.4 Å². The van der Waals surface area contributed by atoms with Gasteiger partial charge in [-0.1, -0.05) is 13.8 Å². The Balaban J connectivity index is 1.92. The molecule has 1 spiro atoms. The van der Waals surface area contributed by atoms with Crippen LogP contribution in [0.3, 0.4) is 0 Å². The van der Waals surface area contributed by atoms with Crippen molar-refractivity contribution >= 4 is 11.8 Å². The molecular formula is C16H22O3S. The largest absolute Gasteiger partial charge is 0.497 e. The topological polar surface area (TPSA) is 38.7 Å². The van der Waals surface area contributed by atoms with E-state index in [2.05, 4.69) is 13.8 Å². The van der Waals surface area contributed by atoms with E-state index in [4.69, 9.17) is 9.47 Å². The number of aliphatic hydroxyl groups is 1. The van der Waals surface area contributed by atoms with Crippen LogP contribution in [-0.4, -0.2) is 29.3 Å². The lowest BCUT2D eigenvalue weighted by Crippen LogP contribution is -2.50. The molecule has 3 rings (SSSR count). The van der Waals surface area contributed by atoms with E-state index in [1.807, 2.05) is 30.0 Å². The van der Waals surface area contributed by atoms with Gasteiger partial charge in [-0.3, -0.25) is 0 Å². The molecule has 0 aromatic heterocycles. The third-order valence-electron chi connectivity index (χ3n) is 4.13. The summed E-state index contributed by atoms with van der Waals surface area (Å²) in [6.45, 7) is 4.56. The molecule has 1 aromatic carbocycles. The molecule has 4 heteroatoms. The van der Waals surface area contributed by atoms with Crippen molar-refractivity contribution in [3.8, 4) is 11.5 Å². The molecule has 1 fully saturated rings. The van der Waals surface area contributed by atoms with Crippen molar-refractivity contribution in [3.05, 3.63) is 23.8 Å². The van der Waals surface area contributed by atoms with Gasteiger partial charge >= 0.3 is 0 Å². The van der Waals surface area contributed by atoms with Crippen LogP contribution in [-0.2, 0) is 0 Å². The molecule has 2 aliphatic rings. The van der Waals surface area contributed by atoms with Gasteiger partial charge in [-0.2, -0.15) is 11.8 Å². The molecule has 1 saturated heterocycles. The van der Waals surface area contributed by atoms with Crippen LogP contribution in [0.1, 0.15) is 38.4 Å². The minimum absolute atomic E-state index is 0.229. The summed E-state index contributed by atoms with van der Waals surface area (Å²) < 4.78 is 11.6. The lowest BCUT2D eigenvalue weighted by Gasteiger charge is -2.48. The van der Waals surface area contributed by atoms with Crippen LogP contribution in [0.5, 0.6) is 11.5 Å². The first-order chi connectivity index (χ1) is 9.43. The van der Waals surface area contributed by atoms with Crippen molar-refractivity contribution in [1.82, 2.24) is 0 Å². The number of methoxy groups -OCH3 is 1. The number of aliphatic hydroxyl groups excluding tert-OH is 1. The van der Waals surface area contributed by atoms with Gasteiger partial charge in [0.1, 0.15) is 17.1 Å². The summed E-state index contributed by atoms with van der Waals surface area (Å²) in [5, 5.41) is 10.5. The fourth-order valence-electron chi connectivity index (χ4n) is 3.43. The van der Waals surface area contributed by atoms with Crippen molar-refractivity contribution in [3.63, 3.8) is 0 Å². The van der Waals surface area contributed by atoms with Gasteiger partial charge in [0.15, 0.2) is 0 Å². The van der Waals surface area contributed by atoms with Gasteiger partial charge in [-0.25, -0.2) is 0 Å². The van der Waals surface area contributed by atoms with E-state index in [9.17, 15) is 5.11 Å². The van der Waals surface area contributed by atoms with Crippen LogP contribution < -0.4 is 9.47 Å². The molecule has 2 atom stereocenters. The van der Waals surface area contributed by atoms with Crippen LogP contribution in [0.15, 0.2) is 18.2 Å². The minimum atomic E-state index is -0.469. The Morgan fingerprint density at radius 1 is 1.35 bits per heavy atom. The van der Waals surface area contributed by atoms with Gasteiger partial charge in [0, 0.05) is 17.7 Å². The zero-order valence-electron chi connectivity index (χ0n) is 12.3. The molecular weight excluding hydrogens is 272 g/mol. The lowest BCUT2D eigenvalue weighted by molar-refractivity contribution is -0.0255. The Kier molecular flexibility index (Phi) is 3.41. The molecule has 1 N–H and O–H groups in total. The number of benzene rings is 1. The maximum atomic E-state index is 10.5. The fourth-order valence-corrected chi connectivity index (χ4v) is 4.84. The fraction of sp³-hybridized carbons (Fsp3) is 0.625. The average Bonchev–Trinajstić information content (AvgIpc) is 2.37. The summed E-state index contributed by atoms with van der Waals surface area (Å²) in [4.78, 5) is 0. The smallest absolute Gasteiger partial charge is 0.126 e. The third kappa shape index (κ3) is 2.51. The third-order valence-corrected chi connectivity index (χ3v) is 5.84. The van der Waals surface area contributed by atoms with E-state index in [-0.39, 0.29) is 11.0 Å². The average molecular weight is 294 g/mol. The van der Waals surface area contributed by atoms with E-state index < -0.39 is 6.10 Å². The Labute approximate surface area is 124 Å². The van der Waals surface area contributed by atoms with Crippen LogP contribution >= 0.6 is 11.8 Å². The highest BCUT2D eigenvalue weighted by Gasteiger charge is 2.46. The van der Waals surface area contributed by atoms with Gasteiger partial charge in [0.05, 0.1) is 13.2 Å². The summed E-state index contributed by atoms with van der Waals surface area (Å²) >= 11 is 1.93. The minimum Gasteiger partial charge on any atom is -0.497 e. The first-order valence-electron chi connectivity index (χ1n) is 7.06. The summed E-state index contributed by atoms with van der Waals surface area (Å²) in [5.41, 5.74) is 0.878. The van der Waals surface area contributed by atoms with Gasteiger partial charge < -0.3 is 14.6 Å². The van der Waals surface area contributed by atoms with Crippen LogP contribution in [0, 0.1) is 5.41 Å². The number of rotatable bonds is 1. The molecule has 1 aromatic rings. The highest BCUT2D eigenvalue weighted by molar-refractivity contribution is 7.99. The number of fused-ring (bicyclic) bond motifs is 1. The predicted octanol–water partition coefficient (Wildman–Crippen LogP) is 3.41. The van der Waals surface area contributed by atoms with Crippen molar-refractivity contribution in [2.24, 2.45) is 5.41 Å². The summed E-state index contributed by atoms with van der Waals surface area (Å²) in [5.74, 6) is 3.69. The van der Waals surface area contributed by atoms with Gasteiger partial charge in [0.25, 0.3) is 0 Å². The predicted molar refractivity (Wildman–Crippen MR) is 81.7 cm³/mol. The molecule has 0 amide bonds. The quantitative estimate of drug-likeness (QED) is 0.861. The molecule has 0 radical (unpaired) electrons. The number of ether oxygens (including phenoxy) is 2. The molecule has 110 valence electrons. The number of thioether (sulfide) groups is 1. The molecule has 0 saturated carbocycles. The van der Waals surface area contributed by atoms with E-state index in [0.29, 0.717) is 6.42 Å². The van der Waals surface area contributed by atoms with Crippen molar-refractivity contribution in [1.29, 1.82) is 0 Å². The first kappa shape index (κ1) is 14.1. The number of hydrogen-bond acceptors (Lipinski definition) is 4. The zero-order chi connectivity index (χ0) is 14.4. The van der Waals surface area contributed by atoms with E-state index in [1.54, 1.807) is 7.11 Å². The molecule has 0 aliphatic carbocycles. The first-order valence-corrected chi connectivity index (χ1v) is 8.21. The van der Waals surface area contributed by atoms with E-state index in [0.717, 1.165) is 35.0 Å². The second-order valence-electron chi connectivity index (χ2n) is 6.74. The van der Waals surface area contributed by atoms with E-state index >= 15 is 0 Å². The Morgan fingerprint density at radius 3 is 2.85 bits per heavy atom. The summed E-state index contributed by atoms with van der Waals surface area (Å²) in [7, 11) is 1.64. The molecule has 20 heavy (non-hydrogen) atoms. The standard InChI is InChI=1S/C16H22O3S/c1-15(2)8-16(10-20-9-15)7-13(17)12-6-11(18-3)4-5-14(12)19-16/h4-6,13,17H,7-10H2,1-3H3/t13-,16?/m1/s1. The number of hydrogen-bond donors (Lipinski definition) is 1. The highest BCUT2D eigenvalue weighted by Crippen LogP contribution is 2.50. The van der Waals surface area contributed by atoms with Crippen molar-refractivity contribution in [2.75, 3.05) is 18.6 Å². The molecule has 1 unspecified atom stereocenters. The normalized spacial score (nSPS) is 31.5. The van der Waals surface area contributed by atoms with Gasteiger partial charge in [-0.15, -0.1) is 0 Å². The molecule has 2 aliphatic heterocycles. The molecule has 0 bridgehead atoms. The molecule has 2 heterocycles. The lowest BCUT2D eigenvalue weighted by atomic mass is 9.77. The highest BCUT2D eigenvalue weighted by atomic mass is 32.2.